The molecule has 6 nitrogen and oxygen atoms in total. The first-order valence-electron chi connectivity index (χ1n) is 7.34. The van der Waals surface area contributed by atoms with E-state index in [4.69, 9.17) is 0 Å². The molecule has 0 bridgehead atoms. The Labute approximate surface area is 124 Å². The molecule has 21 heavy (non-hydrogen) atoms. The van der Waals surface area contributed by atoms with E-state index in [0.717, 1.165) is 31.5 Å². The minimum absolute atomic E-state index is 0.126. The molecule has 0 saturated heterocycles. The molecule has 1 saturated carbocycles. The molecule has 2 rings (SSSR count). The lowest BCUT2D eigenvalue weighted by Gasteiger charge is -2.33. The molecule has 1 amide bonds. The number of carbonyl (C=O) groups excluding carboxylic acids is 1. The Bertz CT molecular complexity index is 539. The number of nitrogens with one attached hydrogen (secondary N) is 2. The smallest absolute Gasteiger partial charge is 0.282 e. The van der Waals surface area contributed by atoms with Crippen molar-refractivity contribution in [3.05, 3.63) is 33.9 Å². The first kappa shape index (κ1) is 15.3. The Kier molecular flexibility index (Phi) is 4.77. The molecular weight excluding hydrogens is 270 g/mol. The Balaban J connectivity index is 2.16. The lowest BCUT2D eigenvalue weighted by atomic mass is 9.82. The number of nitro groups is 1. The van der Waals surface area contributed by atoms with Crippen molar-refractivity contribution in [2.75, 3.05) is 11.9 Å². The van der Waals surface area contributed by atoms with Crippen LogP contribution < -0.4 is 10.6 Å². The van der Waals surface area contributed by atoms with Gasteiger partial charge in [0.05, 0.1) is 4.92 Å². The SMILES string of the molecule is CCCNc1ccc([N+](=O)[O-])c(C(=O)NC2CC(C)C2)c1. The van der Waals surface area contributed by atoms with Crippen LogP contribution in [0.25, 0.3) is 0 Å². The van der Waals surface area contributed by atoms with E-state index in [1.165, 1.54) is 6.07 Å². The summed E-state index contributed by atoms with van der Waals surface area (Å²) in [5.74, 6) is 0.251. The first-order chi connectivity index (χ1) is 10.0. The summed E-state index contributed by atoms with van der Waals surface area (Å²) < 4.78 is 0. The van der Waals surface area contributed by atoms with E-state index in [-0.39, 0.29) is 23.2 Å². The van der Waals surface area contributed by atoms with E-state index in [0.29, 0.717) is 5.92 Å². The van der Waals surface area contributed by atoms with Gasteiger partial charge in [0.15, 0.2) is 0 Å². The Morgan fingerprint density at radius 3 is 2.71 bits per heavy atom. The van der Waals surface area contributed by atoms with E-state index < -0.39 is 4.92 Å². The van der Waals surface area contributed by atoms with Crippen LogP contribution in [-0.2, 0) is 0 Å². The quantitative estimate of drug-likeness (QED) is 0.623. The Morgan fingerprint density at radius 2 is 2.14 bits per heavy atom. The largest absolute Gasteiger partial charge is 0.385 e. The van der Waals surface area contributed by atoms with Gasteiger partial charge >= 0.3 is 0 Å². The molecule has 2 N–H and O–H groups in total. The number of anilines is 1. The number of hydrogen-bond acceptors (Lipinski definition) is 4. The normalized spacial score (nSPS) is 20.5. The van der Waals surface area contributed by atoms with Gasteiger partial charge in [-0.3, -0.25) is 14.9 Å². The molecule has 0 spiro atoms. The van der Waals surface area contributed by atoms with Gasteiger partial charge in [0.25, 0.3) is 11.6 Å². The molecule has 0 radical (unpaired) electrons. The van der Waals surface area contributed by atoms with E-state index >= 15 is 0 Å². The van der Waals surface area contributed by atoms with Crippen LogP contribution in [0, 0.1) is 16.0 Å². The molecule has 114 valence electrons. The summed E-state index contributed by atoms with van der Waals surface area (Å²) in [6, 6.07) is 4.72. The summed E-state index contributed by atoms with van der Waals surface area (Å²) >= 11 is 0. The van der Waals surface area contributed by atoms with Crippen LogP contribution in [0.3, 0.4) is 0 Å². The minimum Gasteiger partial charge on any atom is -0.385 e. The van der Waals surface area contributed by atoms with Crippen LogP contribution in [0.4, 0.5) is 11.4 Å². The summed E-state index contributed by atoms with van der Waals surface area (Å²) in [7, 11) is 0. The van der Waals surface area contributed by atoms with Crippen molar-refractivity contribution < 1.29 is 9.72 Å². The van der Waals surface area contributed by atoms with Gasteiger partial charge in [0, 0.05) is 24.3 Å². The molecule has 1 fully saturated rings. The zero-order valence-electron chi connectivity index (χ0n) is 12.4. The zero-order valence-corrected chi connectivity index (χ0v) is 12.4. The first-order valence-corrected chi connectivity index (χ1v) is 7.34. The summed E-state index contributed by atoms with van der Waals surface area (Å²) in [5, 5.41) is 17.1. The highest BCUT2D eigenvalue weighted by Crippen LogP contribution is 2.28. The van der Waals surface area contributed by atoms with Gasteiger partial charge in [-0.05, 0) is 37.3 Å². The van der Waals surface area contributed by atoms with Crippen molar-refractivity contribution in [2.24, 2.45) is 5.92 Å². The molecular formula is C15H21N3O3. The van der Waals surface area contributed by atoms with E-state index in [1.807, 2.05) is 6.92 Å². The van der Waals surface area contributed by atoms with Crippen LogP contribution in [0.1, 0.15) is 43.5 Å². The number of benzene rings is 1. The molecule has 1 aliphatic rings. The maximum atomic E-state index is 12.3. The van der Waals surface area contributed by atoms with Crippen LogP contribution >= 0.6 is 0 Å². The highest BCUT2D eigenvalue weighted by molar-refractivity contribution is 5.99. The van der Waals surface area contributed by atoms with Crippen LogP contribution in [0.15, 0.2) is 18.2 Å². The number of rotatable bonds is 6. The van der Waals surface area contributed by atoms with Crippen molar-refractivity contribution in [1.82, 2.24) is 5.32 Å². The average molecular weight is 291 g/mol. The van der Waals surface area contributed by atoms with Crippen molar-refractivity contribution in [3.8, 4) is 0 Å². The molecule has 0 aromatic heterocycles. The fourth-order valence-electron chi connectivity index (χ4n) is 2.54. The molecule has 0 heterocycles. The molecule has 1 aliphatic carbocycles. The monoisotopic (exact) mass is 291 g/mol. The Morgan fingerprint density at radius 1 is 1.43 bits per heavy atom. The van der Waals surface area contributed by atoms with Crippen LogP contribution in [-0.4, -0.2) is 23.4 Å². The molecule has 0 aliphatic heterocycles. The van der Waals surface area contributed by atoms with Crippen molar-refractivity contribution in [3.63, 3.8) is 0 Å². The second-order valence-corrected chi connectivity index (χ2v) is 5.66. The summed E-state index contributed by atoms with van der Waals surface area (Å²) in [6.07, 6.45) is 2.82. The third kappa shape index (κ3) is 3.71. The van der Waals surface area contributed by atoms with Gasteiger partial charge in [-0.2, -0.15) is 0 Å². The fraction of sp³-hybridized carbons (Fsp3) is 0.533. The predicted molar refractivity (Wildman–Crippen MR) is 81.5 cm³/mol. The lowest BCUT2D eigenvalue weighted by Crippen LogP contribution is -2.43. The summed E-state index contributed by atoms with van der Waals surface area (Å²) in [6.45, 7) is 4.92. The maximum Gasteiger partial charge on any atom is 0.282 e. The number of amides is 1. The van der Waals surface area contributed by atoms with Gasteiger partial charge in [-0.15, -0.1) is 0 Å². The topological polar surface area (TPSA) is 84.3 Å². The second-order valence-electron chi connectivity index (χ2n) is 5.66. The molecule has 0 unspecified atom stereocenters. The average Bonchev–Trinajstić information content (AvgIpc) is 2.42. The summed E-state index contributed by atoms with van der Waals surface area (Å²) in [4.78, 5) is 22.8. The highest BCUT2D eigenvalue weighted by atomic mass is 16.6. The zero-order chi connectivity index (χ0) is 15.4. The molecule has 1 aromatic rings. The van der Waals surface area contributed by atoms with Crippen molar-refractivity contribution >= 4 is 17.3 Å². The van der Waals surface area contributed by atoms with Gasteiger partial charge in [-0.25, -0.2) is 0 Å². The van der Waals surface area contributed by atoms with E-state index in [2.05, 4.69) is 17.6 Å². The van der Waals surface area contributed by atoms with Crippen molar-refractivity contribution in [1.29, 1.82) is 0 Å². The van der Waals surface area contributed by atoms with E-state index in [1.54, 1.807) is 12.1 Å². The van der Waals surface area contributed by atoms with Gasteiger partial charge < -0.3 is 10.6 Å². The molecule has 6 heteroatoms. The number of carbonyl (C=O) groups is 1. The van der Waals surface area contributed by atoms with E-state index in [9.17, 15) is 14.9 Å². The van der Waals surface area contributed by atoms with Crippen LogP contribution in [0.5, 0.6) is 0 Å². The standard InChI is InChI=1S/C15H21N3O3/c1-3-6-16-11-4-5-14(18(20)21)13(9-11)15(19)17-12-7-10(2)8-12/h4-5,9-10,12,16H,3,6-8H2,1-2H3,(H,17,19). The van der Waals surface area contributed by atoms with Crippen molar-refractivity contribution in [2.45, 2.75) is 39.2 Å². The second kappa shape index (κ2) is 6.56. The number of hydrogen-bond donors (Lipinski definition) is 2. The Hall–Kier alpha value is -2.11. The van der Waals surface area contributed by atoms with Gasteiger partial charge in [-0.1, -0.05) is 13.8 Å². The number of nitro benzene ring substituents is 1. The van der Waals surface area contributed by atoms with Crippen LogP contribution in [0.2, 0.25) is 0 Å². The van der Waals surface area contributed by atoms with Gasteiger partial charge in [0.1, 0.15) is 5.56 Å². The third-order valence-corrected chi connectivity index (χ3v) is 3.73. The molecule has 0 atom stereocenters. The fourth-order valence-corrected chi connectivity index (χ4v) is 2.54. The minimum atomic E-state index is -0.512. The highest BCUT2D eigenvalue weighted by Gasteiger charge is 2.29. The van der Waals surface area contributed by atoms with Gasteiger partial charge in [0.2, 0.25) is 0 Å². The summed E-state index contributed by atoms with van der Waals surface area (Å²) in [5.41, 5.74) is 0.706. The molecule has 1 aromatic carbocycles. The predicted octanol–water partition coefficient (Wildman–Crippen LogP) is 2.95. The third-order valence-electron chi connectivity index (χ3n) is 3.73. The maximum absolute atomic E-state index is 12.3. The lowest BCUT2D eigenvalue weighted by molar-refractivity contribution is -0.385. The number of nitrogens with zero attached hydrogens (tertiary/aromatic N) is 1.